The number of hydrogen-bond donors (Lipinski definition) is 2. The topological polar surface area (TPSA) is 55.1 Å². The highest BCUT2D eigenvalue weighted by atomic mass is 16.1. The number of carbonyl (C=O) groups is 1. The van der Waals surface area contributed by atoms with Gasteiger partial charge >= 0.3 is 0 Å². The van der Waals surface area contributed by atoms with Crippen LogP contribution in [0.1, 0.15) is 43.0 Å². The first-order valence-electron chi connectivity index (χ1n) is 6.80. The molecule has 0 aliphatic heterocycles. The molecule has 0 aromatic heterocycles. The maximum Gasteiger partial charge on any atom is 0.161 e. The predicted molar refractivity (Wildman–Crippen MR) is 73.7 cm³/mol. The zero-order valence-electron chi connectivity index (χ0n) is 10.8. The molecule has 1 aromatic rings. The lowest BCUT2D eigenvalue weighted by Crippen LogP contribution is -2.25. The number of carbonyl (C=O) groups excluding carboxylic acids is 1. The van der Waals surface area contributed by atoms with Crippen LogP contribution in [0.4, 0.5) is 11.4 Å². The normalized spacial score (nSPS) is 29.5. The molecule has 1 aromatic carbocycles. The van der Waals surface area contributed by atoms with Crippen LogP contribution in [0, 0.1) is 11.8 Å². The average Bonchev–Trinajstić information content (AvgIpc) is 2.90. The summed E-state index contributed by atoms with van der Waals surface area (Å²) in [4.78, 5) is 11.3. The zero-order chi connectivity index (χ0) is 12.7. The first kappa shape index (κ1) is 11.6. The van der Waals surface area contributed by atoms with E-state index in [9.17, 15) is 4.79 Å². The van der Waals surface area contributed by atoms with Crippen molar-refractivity contribution in [2.24, 2.45) is 11.8 Å². The van der Waals surface area contributed by atoms with Gasteiger partial charge in [0.05, 0.1) is 0 Å². The molecule has 2 aliphatic rings. The van der Waals surface area contributed by atoms with Gasteiger partial charge in [0.2, 0.25) is 0 Å². The molecular formula is C15H20N2O. The molecule has 3 atom stereocenters. The van der Waals surface area contributed by atoms with Gasteiger partial charge in [-0.25, -0.2) is 0 Å². The molecule has 2 saturated carbocycles. The number of benzene rings is 1. The fourth-order valence-corrected chi connectivity index (χ4v) is 3.61. The second kappa shape index (κ2) is 4.30. The zero-order valence-corrected chi connectivity index (χ0v) is 10.8. The minimum atomic E-state index is 0.0268. The van der Waals surface area contributed by atoms with Gasteiger partial charge in [0.25, 0.3) is 0 Å². The number of anilines is 2. The third kappa shape index (κ3) is 1.98. The number of nitrogens with one attached hydrogen (secondary N) is 1. The van der Waals surface area contributed by atoms with Crippen molar-refractivity contribution in [2.45, 2.75) is 38.6 Å². The molecule has 2 bridgehead atoms. The summed E-state index contributed by atoms with van der Waals surface area (Å²) in [6, 6.07) is 6.29. The Bertz CT molecular complexity index is 483. The van der Waals surface area contributed by atoms with Crippen LogP contribution in [0.5, 0.6) is 0 Å². The van der Waals surface area contributed by atoms with E-state index in [4.69, 9.17) is 5.73 Å². The summed E-state index contributed by atoms with van der Waals surface area (Å²) in [5.74, 6) is 1.80. The smallest absolute Gasteiger partial charge is 0.161 e. The number of Topliss-reactive ketones (excluding diaryl/α,β-unsaturated/α-hetero) is 1. The highest BCUT2D eigenvalue weighted by Gasteiger charge is 2.39. The van der Waals surface area contributed by atoms with Crippen molar-refractivity contribution in [1.29, 1.82) is 0 Å². The Kier molecular flexibility index (Phi) is 2.77. The Morgan fingerprint density at radius 3 is 2.72 bits per heavy atom. The van der Waals surface area contributed by atoms with E-state index < -0.39 is 0 Å². The van der Waals surface area contributed by atoms with Gasteiger partial charge in [0.1, 0.15) is 0 Å². The summed E-state index contributed by atoms with van der Waals surface area (Å²) in [6.45, 7) is 1.55. The van der Waals surface area contributed by atoms with E-state index in [1.165, 1.54) is 25.7 Å². The van der Waals surface area contributed by atoms with Crippen molar-refractivity contribution in [2.75, 3.05) is 11.1 Å². The molecule has 0 heterocycles. The van der Waals surface area contributed by atoms with Gasteiger partial charge in [-0.15, -0.1) is 0 Å². The van der Waals surface area contributed by atoms with Crippen LogP contribution < -0.4 is 11.1 Å². The summed E-state index contributed by atoms with van der Waals surface area (Å²) < 4.78 is 0. The van der Waals surface area contributed by atoms with Gasteiger partial charge in [0.15, 0.2) is 5.78 Å². The number of fused-ring (bicyclic) bond motifs is 2. The van der Waals surface area contributed by atoms with Gasteiger partial charge in [-0.1, -0.05) is 6.42 Å². The fourth-order valence-electron chi connectivity index (χ4n) is 3.61. The summed E-state index contributed by atoms with van der Waals surface area (Å²) in [7, 11) is 0. The molecule has 96 valence electrons. The number of ketones is 1. The predicted octanol–water partition coefficient (Wildman–Crippen LogP) is 3.07. The molecule has 0 radical (unpaired) electrons. The van der Waals surface area contributed by atoms with Gasteiger partial charge in [-0.2, -0.15) is 0 Å². The maximum absolute atomic E-state index is 11.3. The molecule has 3 unspecified atom stereocenters. The van der Waals surface area contributed by atoms with E-state index >= 15 is 0 Å². The molecule has 3 rings (SSSR count). The quantitative estimate of drug-likeness (QED) is 0.634. The highest BCUT2D eigenvalue weighted by Crippen LogP contribution is 2.45. The molecule has 18 heavy (non-hydrogen) atoms. The standard InChI is InChI=1S/C15H20N2O/c1-9(18)13-5-4-12(8-14(13)16)17-15-7-10-2-3-11(15)6-10/h4-5,8,10-11,15,17H,2-3,6-7,16H2,1H3. The van der Waals surface area contributed by atoms with E-state index in [1.54, 1.807) is 6.92 Å². The van der Waals surface area contributed by atoms with Crippen molar-refractivity contribution < 1.29 is 4.79 Å². The number of nitrogens with two attached hydrogens (primary N) is 1. The summed E-state index contributed by atoms with van der Waals surface area (Å²) >= 11 is 0. The number of hydrogen-bond acceptors (Lipinski definition) is 3. The first-order valence-corrected chi connectivity index (χ1v) is 6.80. The monoisotopic (exact) mass is 244 g/mol. The van der Waals surface area contributed by atoms with Crippen molar-refractivity contribution in [3.05, 3.63) is 23.8 Å². The number of nitrogen functional groups attached to an aromatic ring is 1. The van der Waals surface area contributed by atoms with E-state index in [2.05, 4.69) is 5.32 Å². The molecule has 3 N–H and O–H groups in total. The van der Waals surface area contributed by atoms with Crippen LogP contribution in [0.25, 0.3) is 0 Å². The SMILES string of the molecule is CC(=O)c1ccc(NC2CC3CCC2C3)cc1N. The van der Waals surface area contributed by atoms with Crippen LogP contribution >= 0.6 is 0 Å². The summed E-state index contributed by atoms with van der Waals surface area (Å²) in [6.07, 6.45) is 5.45. The largest absolute Gasteiger partial charge is 0.398 e. The van der Waals surface area contributed by atoms with Crippen LogP contribution in [-0.2, 0) is 0 Å². The lowest BCUT2D eigenvalue weighted by molar-refractivity contribution is 0.101. The molecule has 2 fully saturated rings. The third-order valence-electron chi connectivity index (χ3n) is 4.52. The van der Waals surface area contributed by atoms with E-state index in [1.807, 2.05) is 18.2 Å². The lowest BCUT2D eigenvalue weighted by atomic mass is 9.95. The van der Waals surface area contributed by atoms with Crippen LogP contribution in [-0.4, -0.2) is 11.8 Å². The van der Waals surface area contributed by atoms with Gasteiger partial charge in [-0.3, -0.25) is 4.79 Å². The maximum atomic E-state index is 11.3. The second-order valence-electron chi connectivity index (χ2n) is 5.78. The Morgan fingerprint density at radius 1 is 1.33 bits per heavy atom. The summed E-state index contributed by atoms with van der Waals surface area (Å²) in [5.41, 5.74) is 8.16. The Balaban J connectivity index is 1.74. The Hall–Kier alpha value is -1.51. The van der Waals surface area contributed by atoms with Crippen molar-refractivity contribution in [3.63, 3.8) is 0 Å². The van der Waals surface area contributed by atoms with E-state index in [0.717, 1.165) is 17.5 Å². The minimum absolute atomic E-state index is 0.0268. The third-order valence-corrected chi connectivity index (χ3v) is 4.52. The molecule has 0 saturated heterocycles. The lowest BCUT2D eigenvalue weighted by Gasteiger charge is -2.24. The van der Waals surface area contributed by atoms with Crippen LogP contribution in [0.3, 0.4) is 0 Å². The fraction of sp³-hybridized carbons (Fsp3) is 0.533. The molecule has 0 spiro atoms. The van der Waals surface area contributed by atoms with Crippen molar-refractivity contribution in [3.8, 4) is 0 Å². The van der Waals surface area contributed by atoms with Gasteiger partial charge in [0, 0.05) is 23.0 Å². The van der Waals surface area contributed by atoms with Gasteiger partial charge in [-0.05, 0) is 56.2 Å². The van der Waals surface area contributed by atoms with E-state index in [-0.39, 0.29) is 5.78 Å². The molecule has 0 amide bonds. The van der Waals surface area contributed by atoms with Crippen molar-refractivity contribution in [1.82, 2.24) is 0 Å². The van der Waals surface area contributed by atoms with Crippen LogP contribution in [0.2, 0.25) is 0 Å². The van der Waals surface area contributed by atoms with Crippen molar-refractivity contribution >= 4 is 17.2 Å². The molecule has 2 aliphatic carbocycles. The molecule has 3 heteroatoms. The van der Waals surface area contributed by atoms with E-state index in [0.29, 0.717) is 17.3 Å². The minimum Gasteiger partial charge on any atom is -0.398 e. The Labute approximate surface area is 108 Å². The molecule has 3 nitrogen and oxygen atoms in total. The second-order valence-corrected chi connectivity index (χ2v) is 5.78. The van der Waals surface area contributed by atoms with Gasteiger partial charge < -0.3 is 11.1 Å². The Morgan fingerprint density at radius 2 is 2.17 bits per heavy atom. The molecular weight excluding hydrogens is 224 g/mol. The summed E-state index contributed by atoms with van der Waals surface area (Å²) in [5, 5.41) is 3.59. The average molecular weight is 244 g/mol. The highest BCUT2D eigenvalue weighted by molar-refractivity contribution is 5.99. The van der Waals surface area contributed by atoms with Crippen LogP contribution in [0.15, 0.2) is 18.2 Å². The number of rotatable bonds is 3. The first-order chi connectivity index (χ1) is 8.63.